The Morgan fingerprint density at radius 3 is 2.88 bits per heavy atom. The van der Waals surface area contributed by atoms with Gasteiger partial charge in [0.2, 0.25) is 0 Å². The molecule has 0 radical (unpaired) electrons. The summed E-state index contributed by atoms with van der Waals surface area (Å²) in [5, 5.41) is 0. The van der Waals surface area contributed by atoms with E-state index in [1.54, 1.807) is 6.20 Å². The zero-order chi connectivity index (χ0) is 11.5. The molecule has 2 rings (SSSR count). The molecule has 0 atom stereocenters. The molecule has 1 heterocycles. The van der Waals surface area contributed by atoms with Crippen LogP contribution in [0.2, 0.25) is 0 Å². The van der Waals surface area contributed by atoms with Crippen molar-refractivity contribution in [1.29, 1.82) is 0 Å². The van der Waals surface area contributed by atoms with E-state index in [2.05, 4.69) is 24.0 Å². The molecule has 3 nitrogen and oxygen atoms in total. The number of nitrogens with two attached hydrogens (primary N) is 1. The molecule has 0 aliphatic carbocycles. The van der Waals surface area contributed by atoms with Gasteiger partial charge in [-0.15, -0.1) is 0 Å². The summed E-state index contributed by atoms with van der Waals surface area (Å²) in [6.45, 7) is 2.84. The standard InChI is InChI=1S/C12H13N3S/c1-9-4-2-3-5-10(9)8-15-7-6-14-12(15)11(13)16/h2-7H,8H2,1H3,(H2,13,16). The highest BCUT2D eigenvalue weighted by Crippen LogP contribution is 2.10. The van der Waals surface area contributed by atoms with Crippen molar-refractivity contribution >= 4 is 17.2 Å². The molecule has 0 unspecified atom stereocenters. The van der Waals surface area contributed by atoms with Crippen LogP contribution in [0.1, 0.15) is 17.0 Å². The van der Waals surface area contributed by atoms with Crippen LogP contribution in [0.15, 0.2) is 36.7 Å². The Labute approximate surface area is 99.9 Å². The van der Waals surface area contributed by atoms with E-state index in [0.717, 1.165) is 6.54 Å². The number of rotatable bonds is 3. The number of aromatic nitrogens is 2. The van der Waals surface area contributed by atoms with E-state index >= 15 is 0 Å². The molecular formula is C12H13N3S. The Hall–Kier alpha value is -1.68. The highest BCUT2D eigenvalue weighted by atomic mass is 32.1. The van der Waals surface area contributed by atoms with Crippen LogP contribution in [0, 0.1) is 6.92 Å². The second-order valence-corrected chi connectivity index (χ2v) is 4.11. The molecule has 1 aromatic carbocycles. The summed E-state index contributed by atoms with van der Waals surface area (Å²) in [7, 11) is 0. The first-order chi connectivity index (χ1) is 7.68. The fourth-order valence-electron chi connectivity index (χ4n) is 1.63. The number of benzene rings is 1. The van der Waals surface area contributed by atoms with Gasteiger partial charge in [0.1, 0.15) is 4.99 Å². The number of thiocarbonyl (C=S) groups is 1. The van der Waals surface area contributed by atoms with E-state index in [-0.39, 0.29) is 0 Å². The van der Waals surface area contributed by atoms with Crippen molar-refractivity contribution in [3.05, 3.63) is 53.6 Å². The highest BCUT2D eigenvalue weighted by molar-refractivity contribution is 7.80. The van der Waals surface area contributed by atoms with Crippen molar-refractivity contribution < 1.29 is 0 Å². The Morgan fingerprint density at radius 2 is 2.19 bits per heavy atom. The van der Waals surface area contributed by atoms with Gasteiger partial charge in [-0.25, -0.2) is 4.98 Å². The van der Waals surface area contributed by atoms with Crippen molar-refractivity contribution in [3.63, 3.8) is 0 Å². The lowest BCUT2D eigenvalue weighted by Gasteiger charge is -2.09. The summed E-state index contributed by atoms with van der Waals surface area (Å²) in [5.41, 5.74) is 8.10. The van der Waals surface area contributed by atoms with Crippen LogP contribution in [0.4, 0.5) is 0 Å². The van der Waals surface area contributed by atoms with Crippen LogP contribution in [0.25, 0.3) is 0 Å². The molecule has 16 heavy (non-hydrogen) atoms. The molecular weight excluding hydrogens is 218 g/mol. The molecule has 0 aliphatic heterocycles. The molecule has 2 aromatic rings. The van der Waals surface area contributed by atoms with E-state index in [1.165, 1.54) is 11.1 Å². The predicted molar refractivity (Wildman–Crippen MR) is 68.4 cm³/mol. The average Bonchev–Trinajstić information content (AvgIpc) is 2.69. The van der Waals surface area contributed by atoms with Crippen molar-refractivity contribution in [2.45, 2.75) is 13.5 Å². The van der Waals surface area contributed by atoms with Crippen molar-refractivity contribution in [1.82, 2.24) is 9.55 Å². The highest BCUT2D eigenvalue weighted by Gasteiger charge is 2.06. The smallest absolute Gasteiger partial charge is 0.167 e. The largest absolute Gasteiger partial charge is 0.387 e. The number of imidazole rings is 1. The first kappa shape index (κ1) is 10.8. The van der Waals surface area contributed by atoms with Crippen molar-refractivity contribution in [2.24, 2.45) is 5.73 Å². The third kappa shape index (κ3) is 2.12. The average molecular weight is 231 g/mol. The second kappa shape index (κ2) is 4.45. The SMILES string of the molecule is Cc1ccccc1Cn1ccnc1C(N)=S. The third-order valence-corrected chi connectivity index (χ3v) is 2.72. The van der Waals surface area contributed by atoms with E-state index in [4.69, 9.17) is 18.0 Å². The quantitative estimate of drug-likeness (QED) is 0.820. The minimum Gasteiger partial charge on any atom is -0.387 e. The normalized spacial score (nSPS) is 10.3. The Bertz CT molecular complexity index is 516. The number of nitrogens with zero attached hydrogens (tertiary/aromatic N) is 2. The zero-order valence-corrected chi connectivity index (χ0v) is 9.87. The number of aryl methyl sites for hydroxylation is 1. The van der Waals surface area contributed by atoms with E-state index < -0.39 is 0 Å². The summed E-state index contributed by atoms with van der Waals surface area (Å²) in [6, 6.07) is 8.24. The van der Waals surface area contributed by atoms with E-state index in [9.17, 15) is 0 Å². The molecule has 0 spiro atoms. The maximum Gasteiger partial charge on any atom is 0.167 e. The molecule has 0 saturated carbocycles. The first-order valence-corrected chi connectivity index (χ1v) is 5.45. The zero-order valence-electron chi connectivity index (χ0n) is 9.05. The summed E-state index contributed by atoms with van der Waals surface area (Å²) in [5.74, 6) is 0.665. The van der Waals surface area contributed by atoms with Crippen LogP contribution >= 0.6 is 12.2 Å². The van der Waals surface area contributed by atoms with Crippen LogP contribution in [-0.4, -0.2) is 14.5 Å². The van der Waals surface area contributed by atoms with Gasteiger partial charge in [0.25, 0.3) is 0 Å². The van der Waals surface area contributed by atoms with Gasteiger partial charge in [0.15, 0.2) is 5.82 Å². The predicted octanol–water partition coefficient (Wildman–Crippen LogP) is 1.87. The lowest BCUT2D eigenvalue weighted by molar-refractivity contribution is 0.783. The minimum absolute atomic E-state index is 0.332. The van der Waals surface area contributed by atoms with Crippen LogP contribution in [-0.2, 0) is 6.54 Å². The Morgan fingerprint density at radius 1 is 1.44 bits per heavy atom. The third-order valence-electron chi connectivity index (χ3n) is 2.54. The monoisotopic (exact) mass is 231 g/mol. The Kier molecular flexibility index (Phi) is 3.01. The number of hydrogen-bond acceptors (Lipinski definition) is 2. The molecule has 1 aromatic heterocycles. The lowest BCUT2D eigenvalue weighted by atomic mass is 10.1. The number of hydrogen-bond donors (Lipinski definition) is 1. The summed E-state index contributed by atoms with van der Waals surface area (Å²) < 4.78 is 1.96. The molecule has 82 valence electrons. The van der Waals surface area contributed by atoms with Gasteiger partial charge in [0, 0.05) is 18.9 Å². The molecule has 0 fully saturated rings. The van der Waals surface area contributed by atoms with Gasteiger partial charge in [-0.1, -0.05) is 36.5 Å². The van der Waals surface area contributed by atoms with Gasteiger partial charge in [-0.05, 0) is 18.1 Å². The second-order valence-electron chi connectivity index (χ2n) is 3.67. The van der Waals surface area contributed by atoms with E-state index in [0.29, 0.717) is 10.8 Å². The lowest BCUT2D eigenvalue weighted by Crippen LogP contribution is -2.17. The first-order valence-electron chi connectivity index (χ1n) is 5.04. The van der Waals surface area contributed by atoms with Crippen molar-refractivity contribution in [3.8, 4) is 0 Å². The van der Waals surface area contributed by atoms with Gasteiger partial charge < -0.3 is 10.3 Å². The maximum absolute atomic E-state index is 5.60. The van der Waals surface area contributed by atoms with Crippen LogP contribution < -0.4 is 5.73 Å². The molecule has 0 bridgehead atoms. The summed E-state index contributed by atoms with van der Waals surface area (Å²) in [4.78, 5) is 4.47. The summed E-state index contributed by atoms with van der Waals surface area (Å²) in [6.07, 6.45) is 3.60. The summed E-state index contributed by atoms with van der Waals surface area (Å²) >= 11 is 4.95. The maximum atomic E-state index is 5.60. The van der Waals surface area contributed by atoms with Crippen molar-refractivity contribution in [2.75, 3.05) is 0 Å². The van der Waals surface area contributed by atoms with Gasteiger partial charge in [-0.2, -0.15) is 0 Å². The van der Waals surface area contributed by atoms with E-state index in [1.807, 2.05) is 22.9 Å². The fraction of sp³-hybridized carbons (Fsp3) is 0.167. The van der Waals surface area contributed by atoms with Crippen LogP contribution in [0.3, 0.4) is 0 Å². The van der Waals surface area contributed by atoms with Gasteiger partial charge in [-0.3, -0.25) is 0 Å². The minimum atomic E-state index is 0.332. The molecule has 0 amide bonds. The Balaban J connectivity index is 2.31. The molecule has 0 saturated heterocycles. The fourth-order valence-corrected chi connectivity index (χ4v) is 1.80. The molecule has 2 N–H and O–H groups in total. The van der Waals surface area contributed by atoms with Gasteiger partial charge in [0.05, 0.1) is 0 Å². The van der Waals surface area contributed by atoms with Crippen LogP contribution in [0.5, 0.6) is 0 Å². The molecule has 4 heteroatoms. The van der Waals surface area contributed by atoms with Gasteiger partial charge >= 0.3 is 0 Å². The molecule has 0 aliphatic rings. The topological polar surface area (TPSA) is 43.8 Å².